The molecule has 2 aromatic rings. The number of halogens is 2. The summed E-state index contributed by atoms with van der Waals surface area (Å²) in [4.78, 5) is 3.26. The third-order valence-electron chi connectivity index (χ3n) is 1.68. The summed E-state index contributed by atoms with van der Waals surface area (Å²) in [5.41, 5.74) is 0.0428. The number of hydrogen-bond acceptors (Lipinski definition) is 3. The second kappa shape index (κ2) is 2.74. The third kappa shape index (κ3) is 1.25. The number of rotatable bonds is 1. The maximum absolute atomic E-state index is 12.9. The maximum atomic E-state index is 12.9. The number of fused-ring (bicyclic) bond motifs is 1. The Labute approximate surface area is 78.0 Å². The molecule has 4 nitrogen and oxygen atoms in total. The molecule has 74 valence electrons. The molecule has 0 saturated carbocycles. The van der Waals surface area contributed by atoms with E-state index in [9.17, 15) is 16.7 Å². The van der Waals surface area contributed by atoms with Crippen molar-refractivity contribution in [3.63, 3.8) is 0 Å². The first kappa shape index (κ1) is 9.07. The molecule has 0 aliphatic heterocycles. The molecule has 2 heterocycles. The monoisotopic (exact) mass is 218 g/mol. The molecule has 0 atom stereocenters. The lowest BCUT2D eigenvalue weighted by atomic mass is 10.5. The SMILES string of the molecule is O=S(=O)(F)c1c(F)nc2ccccn12. The largest absolute Gasteiger partial charge is 0.353 e. The molecule has 0 N–H and O–H groups in total. The van der Waals surface area contributed by atoms with Crippen molar-refractivity contribution in [3.05, 3.63) is 30.3 Å². The molecule has 2 aromatic heterocycles. The summed E-state index contributed by atoms with van der Waals surface area (Å²) in [7, 11) is -5.09. The first-order valence-corrected chi connectivity index (χ1v) is 4.96. The molecule has 0 radical (unpaired) electrons. The van der Waals surface area contributed by atoms with Crippen LogP contribution in [0, 0.1) is 5.95 Å². The van der Waals surface area contributed by atoms with E-state index in [-0.39, 0.29) is 5.65 Å². The van der Waals surface area contributed by atoms with Crippen LogP contribution in [0.4, 0.5) is 8.28 Å². The van der Waals surface area contributed by atoms with E-state index in [0.29, 0.717) is 0 Å². The van der Waals surface area contributed by atoms with Crippen LogP contribution in [0.1, 0.15) is 0 Å². The topological polar surface area (TPSA) is 51.4 Å². The van der Waals surface area contributed by atoms with E-state index >= 15 is 0 Å². The summed E-state index contributed by atoms with van der Waals surface area (Å²) < 4.78 is 47.5. The summed E-state index contributed by atoms with van der Waals surface area (Å²) >= 11 is 0. The quantitative estimate of drug-likeness (QED) is 0.674. The fourth-order valence-electron chi connectivity index (χ4n) is 1.16. The summed E-state index contributed by atoms with van der Waals surface area (Å²) in [5.74, 6) is -1.33. The molecule has 14 heavy (non-hydrogen) atoms. The lowest BCUT2D eigenvalue weighted by molar-refractivity contribution is 0.514. The van der Waals surface area contributed by atoms with Gasteiger partial charge in [0.2, 0.25) is 5.03 Å². The van der Waals surface area contributed by atoms with E-state index in [2.05, 4.69) is 4.98 Å². The Morgan fingerprint density at radius 2 is 2.07 bits per heavy atom. The minimum atomic E-state index is -5.09. The first-order valence-electron chi connectivity index (χ1n) is 3.57. The molecule has 0 bridgehead atoms. The van der Waals surface area contributed by atoms with Crippen molar-refractivity contribution >= 4 is 15.9 Å². The van der Waals surface area contributed by atoms with Gasteiger partial charge in [-0.05, 0) is 12.1 Å². The van der Waals surface area contributed by atoms with Crippen LogP contribution in [0.25, 0.3) is 5.65 Å². The lowest BCUT2D eigenvalue weighted by Gasteiger charge is -1.94. The first-order chi connectivity index (χ1) is 6.50. The molecule has 0 saturated heterocycles. The van der Waals surface area contributed by atoms with Gasteiger partial charge in [0.15, 0.2) is 0 Å². The lowest BCUT2D eigenvalue weighted by Crippen LogP contribution is -1.99. The van der Waals surface area contributed by atoms with Crippen LogP contribution in [-0.2, 0) is 10.2 Å². The third-order valence-corrected chi connectivity index (χ3v) is 2.50. The zero-order chi connectivity index (χ0) is 10.3. The summed E-state index contributed by atoms with van der Waals surface area (Å²) in [6.45, 7) is 0. The second-order valence-corrected chi connectivity index (χ2v) is 3.84. The Balaban J connectivity index is 2.95. The van der Waals surface area contributed by atoms with Gasteiger partial charge in [0.25, 0.3) is 5.95 Å². The van der Waals surface area contributed by atoms with Gasteiger partial charge in [0, 0.05) is 6.20 Å². The molecule has 0 aliphatic rings. The molecule has 0 aromatic carbocycles. The van der Waals surface area contributed by atoms with E-state index in [1.165, 1.54) is 24.4 Å². The van der Waals surface area contributed by atoms with Crippen molar-refractivity contribution in [2.45, 2.75) is 5.03 Å². The van der Waals surface area contributed by atoms with E-state index in [1.54, 1.807) is 0 Å². The highest BCUT2D eigenvalue weighted by atomic mass is 32.3. The van der Waals surface area contributed by atoms with Crippen LogP contribution in [0.15, 0.2) is 29.4 Å². The number of pyridine rings is 1. The zero-order valence-electron chi connectivity index (χ0n) is 6.68. The fourth-order valence-corrected chi connectivity index (χ4v) is 1.80. The number of aromatic nitrogens is 2. The van der Waals surface area contributed by atoms with E-state index in [0.717, 1.165) is 4.40 Å². The molecule has 0 spiro atoms. The van der Waals surface area contributed by atoms with Crippen LogP contribution < -0.4 is 0 Å². The van der Waals surface area contributed by atoms with Gasteiger partial charge in [-0.3, -0.25) is 4.40 Å². The van der Waals surface area contributed by atoms with Gasteiger partial charge in [0.1, 0.15) is 5.65 Å². The van der Waals surface area contributed by atoms with Crippen molar-refractivity contribution in [2.24, 2.45) is 0 Å². The highest BCUT2D eigenvalue weighted by Gasteiger charge is 2.24. The predicted molar refractivity (Wildman–Crippen MR) is 43.4 cm³/mol. The highest BCUT2D eigenvalue weighted by Crippen LogP contribution is 2.18. The smallest absolute Gasteiger partial charge is 0.286 e. The van der Waals surface area contributed by atoms with Gasteiger partial charge < -0.3 is 0 Å². The Hall–Kier alpha value is -1.50. The van der Waals surface area contributed by atoms with Crippen LogP contribution in [0.3, 0.4) is 0 Å². The van der Waals surface area contributed by atoms with Crippen LogP contribution in [0.2, 0.25) is 0 Å². The van der Waals surface area contributed by atoms with Gasteiger partial charge in [-0.25, -0.2) is 0 Å². The van der Waals surface area contributed by atoms with Gasteiger partial charge in [-0.2, -0.15) is 17.8 Å². The molecule has 0 fully saturated rings. The average molecular weight is 218 g/mol. The van der Waals surface area contributed by atoms with Gasteiger partial charge in [0.05, 0.1) is 0 Å². The number of nitrogens with zero attached hydrogens (tertiary/aromatic N) is 2. The fraction of sp³-hybridized carbons (Fsp3) is 0. The van der Waals surface area contributed by atoms with Crippen LogP contribution >= 0.6 is 0 Å². The van der Waals surface area contributed by atoms with Crippen molar-refractivity contribution in [3.8, 4) is 0 Å². The Bertz CT molecular complexity index is 591. The average Bonchev–Trinajstić information content (AvgIpc) is 2.38. The minimum Gasteiger partial charge on any atom is -0.286 e. The summed E-state index contributed by atoms with van der Waals surface area (Å²) in [5, 5.41) is -1.06. The van der Waals surface area contributed by atoms with Crippen molar-refractivity contribution < 1.29 is 16.7 Å². The molecular weight excluding hydrogens is 214 g/mol. The highest BCUT2D eigenvalue weighted by molar-refractivity contribution is 7.86. The summed E-state index contributed by atoms with van der Waals surface area (Å²) in [6, 6.07) is 4.36. The summed E-state index contributed by atoms with van der Waals surface area (Å²) in [6.07, 6.45) is 1.22. The molecule has 0 unspecified atom stereocenters. The van der Waals surface area contributed by atoms with Crippen molar-refractivity contribution in [1.29, 1.82) is 0 Å². The maximum Gasteiger partial charge on any atom is 0.353 e. The van der Waals surface area contributed by atoms with E-state index in [1.807, 2.05) is 0 Å². The Morgan fingerprint density at radius 3 is 2.71 bits per heavy atom. The zero-order valence-corrected chi connectivity index (χ0v) is 7.50. The van der Waals surface area contributed by atoms with Crippen LogP contribution in [-0.4, -0.2) is 17.8 Å². The second-order valence-electron chi connectivity index (χ2n) is 2.57. The van der Waals surface area contributed by atoms with Crippen molar-refractivity contribution in [1.82, 2.24) is 9.38 Å². The minimum absolute atomic E-state index is 0.0428. The van der Waals surface area contributed by atoms with Crippen LogP contribution in [0.5, 0.6) is 0 Å². The predicted octanol–water partition coefficient (Wildman–Crippen LogP) is 1.13. The van der Waals surface area contributed by atoms with Gasteiger partial charge in [-0.15, -0.1) is 0 Å². The molecule has 0 amide bonds. The van der Waals surface area contributed by atoms with Crippen molar-refractivity contribution in [2.75, 3.05) is 0 Å². The van der Waals surface area contributed by atoms with Gasteiger partial charge in [-0.1, -0.05) is 9.95 Å². The Kier molecular flexibility index (Phi) is 1.78. The van der Waals surface area contributed by atoms with E-state index in [4.69, 9.17) is 0 Å². The number of imidazole rings is 1. The molecule has 2 rings (SSSR count). The number of hydrogen-bond donors (Lipinski definition) is 0. The standard InChI is InChI=1S/C7H4F2N2O2S/c8-6-7(14(9,12)13)11-4-2-1-3-5(11)10-6/h1-4H. The normalized spacial score (nSPS) is 12.1. The van der Waals surface area contributed by atoms with Gasteiger partial charge >= 0.3 is 10.2 Å². The Morgan fingerprint density at radius 1 is 1.36 bits per heavy atom. The molecule has 7 heteroatoms. The molecular formula is C7H4F2N2O2S. The van der Waals surface area contributed by atoms with E-state index < -0.39 is 21.2 Å². The molecule has 0 aliphatic carbocycles.